The van der Waals surface area contributed by atoms with Crippen molar-refractivity contribution >= 4 is 23.7 Å². The fraction of sp³-hybridized carbons (Fsp3) is 0.364. The average Bonchev–Trinajstić information content (AvgIpc) is 3.39. The largest absolute Gasteiger partial charge is 0.462 e. The number of imide groups is 1. The van der Waals surface area contributed by atoms with Gasteiger partial charge in [0, 0.05) is 11.4 Å². The van der Waals surface area contributed by atoms with Crippen molar-refractivity contribution in [3.63, 3.8) is 0 Å². The number of nitrogens with zero attached hydrogens (tertiary/aromatic N) is 1. The van der Waals surface area contributed by atoms with Crippen molar-refractivity contribution in [1.29, 1.82) is 0 Å². The first-order valence-corrected chi connectivity index (χ1v) is 10.1. The van der Waals surface area contributed by atoms with Gasteiger partial charge in [-0.1, -0.05) is 6.07 Å². The molecule has 2 aromatic rings. The molecule has 2 aliphatic heterocycles. The van der Waals surface area contributed by atoms with Gasteiger partial charge in [0.2, 0.25) is 6.79 Å². The Hall–Kier alpha value is -3.82. The van der Waals surface area contributed by atoms with Crippen LogP contribution in [0.15, 0.2) is 18.2 Å². The number of aromatic amines is 1. The van der Waals surface area contributed by atoms with E-state index >= 15 is 0 Å². The summed E-state index contributed by atoms with van der Waals surface area (Å²) < 4.78 is 15.7. The molecule has 0 unspecified atom stereocenters. The zero-order valence-electron chi connectivity index (χ0n) is 18.2. The molecule has 10 heteroatoms. The summed E-state index contributed by atoms with van der Waals surface area (Å²) >= 11 is 0. The van der Waals surface area contributed by atoms with Gasteiger partial charge in [0.1, 0.15) is 5.54 Å². The normalized spacial score (nSPS) is 19.3. The van der Waals surface area contributed by atoms with E-state index in [1.165, 1.54) is 0 Å². The number of fused-ring (bicyclic) bond motifs is 1. The number of rotatable bonds is 6. The SMILES string of the molecule is CCOC(=O)c1c(C)[nH]c(C)c1C(=O)CN1C(=O)N[C@](C)(c2ccc3c(c2)OCO3)C1=O. The van der Waals surface area contributed by atoms with Crippen LogP contribution in [-0.4, -0.2) is 53.5 Å². The van der Waals surface area contributed by atoms with Gasteiger partial charge in [-0.2, -0.15) is 0 Å². The molecule has 4 rings (SSSR count). The molecule has 0 bridgehead atoms. The van der Waals surface area contributed by atoms with Crippen LogP contribution in [0.4, 0.5) is 4.79 Å². The Bertz CT molecular complexity index is 1150. The summed E-state index contributed by atoms with van der Waals surface area (Å²) in [5.41, 5.74) is 0.271. The van der Waals surface area contributed by atoms with E-state index in [0.29, 0.717) is 28.5 Å². The first-order valence-electron chi connectivity index (χ1n) is 10.1. The lowest BCUT2D eigenvalue weighted by molar-refractivity contribution is -0.130. The fourth-order valence-electron chi connectivity index (χ4n) is 4.05. The topological polar surface area (TPSA) is 127 Å². The van der Waals surface area contributed by atoms with Crippen LogP contribution in [0.3, 0.4) is 0 Å². The Morgan fingerprint density at radius 1 is 1.12 bits per heavy atom. The van der Waals surface area contributed by atoms with Gasteiger partial charge in [-0.15, -0.1) is 0 Å². The van der Waals surface area contributed by atoms with Gasteiger partial charge in [0.25, 0.3) is 5.91 Å². The molecule has 0 radical (unpaired) electrons. The van der Waals surface area contributed by atoms with Crippen LogP contribution in [0.25, 0.3) is 0 Å². The van der Waals surface area contributed by atoms with E-state index in [2.05, 4.69) is 10.3 Å². The fourth-order valence-corrected chi connectivity index (χ4v) is 4.05. The van der Waals surface area contributed by atoms with Crippen molar-refractivity contribution < 1.29 is 33.4 Å². The maximum Gasteiger partial charge on any atom is 0.340 e. The van der Waals surface area contributed by atoms with Crippen molar-refractivity contribution in [2.24, 2.45) is 0 Å². The Morgan fingerprint density at radius 2 is 1.81 bits per heavy atom. The molecule has 32 heavy (non-hydrogen) atoms. The van der Waals surface area contributed by atoms with E-state index in [0.717, 1.165) is 4.90 Å². The second-order valence-corrected chi connectivity index (χ2v) is 7.78. The highest BCUT2D eigenvalue weighted by Gasteiger charge is 2.50. The van der Waals surface area contributed by atoms with Crippen molar-refractivity contribution in [2.75, 3.05) is 19.9 Å². The molecule has 0 spiro atoms. The van der Waals surface area contributed by atoms with Gasteiger partial charge in [0.05, 0.1) is 24.3 Å². The molecule has 3 amide bonds. The number of H-pyrrole nitrogens is 1. The van der Waals surface area contributed by atoms with E-state index in [4.69, 9.17) is 14.2 Å². The second kappa shape index (κ2) is 7.70. The van der Waals surface area contributed by atoms with Crippen LogP contribution in [0.1, 0.15) is 51.5 Å². The molecule has 3 heterocycles. The number of ketones is 1. The number of hydrogen-bond donors (Lipinski definition) is 2. The lowest BCUT2D eigenvalue weighted by Gasteiger charge is -2.22. The standard InChI is InChI=1S/C22H23N3O7/c1-5-30-19(27)18-12(3)23-11(2)17(18)14(26)9-25-20(28)22(4,24-21(25)29)13-6-7-15-16(8-13)32-10-31-15/h6-8,23H,5,9-10H2,1-4H3,(H,24,29)/t22-/m1/s1. The lowest BCUT2D eigenvalue weighted by atomic mass is 9.91. The smallest absolute Gasteiger partial charge is 0.340 e. The number of Topliss-reactive ketones (excluding diaryl/α,β-unsaturated/α-hetero) is 1. The first-order chi connectivity index (χ1) is 15.2. The summed E-state index contributed by atoms with van der Waals surface area (Å²) in [4.78, 5) is 55.2. The zero-order valence-corrected chi connectivity index (χ0v) is 18.2. The quantitative estimate of drug-likeness (QED) is 0.400. The molecular formula is C22H23N3O7. The molecule has 0 saturated carbocycles. The van der Waals surface area contributed by atoms with E-state index in [9.17, 15) is 19.2 Å². The van der Waals surface area contributed by atoms with Gasteiger partial charge in [-0.3, -0.25) is 14.5 Å². The molecule has 2 N–H and O–H groups in total. The van der Waals surface area contributed by atoms with Crippen LogP contribution in [-0.2, 0) is 15.1 Å². The Morgan fingerprint density at radius 3 is 2.53 bits per heavy atom. The second-order valence-electron chi connectivity index (χ2n) is 7.78. The van der Waals surface area contributed by atoms with Crippen molar-refractivity contribution in [3.05, 3.63) is 46.3 Å². The molecule has 2 aliphatic rings. The van der Waals surface area contributed by atoms with E-state index < -0.39 is 35.8 Å². The maximum absolute atomic E-state index is 13.2. The summed E-state index contributed by atoms with van der Waals surface area (Å²) in [5, 5.41) is 2.66. The summed E-state index contributed by atoms with van der Waals surface area (Å²) in [6.45, 7) is 6.23. The number of amides is 3. The number of carbonyl (C=O) groups excluding carboxylic acids is 4. The lowest BCUT2D eigenvalue weighted by Crippen LogP contribution is -2.41. The first kappa shape index (κ1) is 21.4. The van der Waals surface area contributed by atoms with Crippen LogP contribution in [0.2, 0.25) is 0 Å². The predicted octanol–water partition coefficient (Wildman–Crippen LogP) is 2.19. The molecular weight excluding hydrogens is 418 g/mol. The highest BCUT2D eigenvalue weighted by molar-refractivity contribution is 6.14. The number of nitrogens with one attached hydrogen (secondary N) is 2. The number of ether oxygens (including phenoxy) is 3. The summed E-state index contributed by atoms with van der Waals surface area (Å²) in [5.74, 6) is -0.755. The number of aromatic nitrogens is 1. The maximum atomic E-state index is 13.2. The number of esters is 1. The number of hydrogen-bond acceptors (Lipinski definition) is 7. The third-order valence-corrected chi connectivity index (χ3v) is 5.66. The van der Waals surface area contributed by atoms with Gasteiger partial charge in [-0.05, 0) is 45.4 Å². The van der Waals surface area contributed by atoms with E-state index in [1.54, 1.807) is 45.9 Å². The highest BCUT2D eigenvalue weighted by atomic mass is 16.7. The van der Waals surface area contributed by atoms with E-state index in [-0.39, 0.29) is 24.5 Å². The molecule has 1 aromatic carbocycles. The minimum absolute atomic E-state index is 0.0780. The van der Waals surface area contributed by atoms with Crippen LogP contribution >= 0.6 is 0 Å². The molecule has 1 fully saturated rings. The number of benzene rings is 1. The minimum Gasteiger partial charge on any atom is -0.462 e. The van der Waals surface area contributed by atoms with Crippen LogP contribution in [0, 0.1) is 13.8 Å². The van der Waals surface area contributed by atoms with Crippen molar-refractivity contribution in [1.82, 2.24) is 15.2 Å². The Kier molecular flexibility index (Phi) is 5.15. The Labute approximate surface area is 183 Å². The summed E-state index contributed by atoms with van der Waals surface area (Å²) in [7, 11) is 0. The predicted molar refractivity (Wildman–Crippen MR) is 111 cm³/mol. The van der Waals surface area contributed by atoms with Crippen LogP contribution in [0.5, 0.6) is 11.5 Å². The molecule has 168 valence electrons. The van der Waals surface area contributed by atoms with Crippen molar-refractivity contribution in [2.45, 2.75) is 33.2 Å². The summed E-state index contributed by atoms with van der Waals surface area (Å²) in [6.07, 6.45) is 0. The minimum atomic E-state index is -1.38. The Balaban J connectivity index is 1.61. The average molecular weight is 441 g/mol. The zero-order chi connectivity index (χ0) is 23.2. The summed E-state index contributed by atoms with van der Waals surface area (Å²) in [6, 6.07) is 4.25. The third-order valence-electron chi connectivity index (χ3n) is 5.66. The molecule has 1 saturated heterocycles. The number of aryl methyl sites for hydroxylation is 2. The molecule has 1 atom stereocenters. The highest BCUT2D eigenvalue weighted by Crippen LogP contribution is 2.38. The van der Waals surface area contributed by atoms with Gasteiger partial charge >= 0.3 is 12.0 Å². The number of urea groups is 1. The monoisotopic (exact) mass is 441 g/mol. The van der Waals surface area contributed by atoms with Gasteiger partial charge in [-0.25, -0.2) is 9.59 Å². The third kappa shape index (κ3) is 3.28. The molecule has 0 aliphatic carbocycles. The van der Waals surface area contributed by atoms with Gasteiger partial charge < -0.3 is 24.5 Å². The number of carbonyl (C=O) groups is 4. The van der Waals surface area contributed by atoms with Crippen LogP contribution < -0.4 is 14.8 Å². The molecule has 10 nitrogen and oxygen atoms in total. The molecule has 1 aromatic heterocycles. The van der Waals surface area contributed by atoms with E-state index in [1.807, 2.05) is 0 Å². The van der Waals surface area contributed by atoms with Crippen molar-refractivity contribution in [3.8, 4) is 11.5 Å². The van der Waals surface area contributed by atoms with Gasteiger partial charge in [0.15, 0.2) is 17.3 Å².